The van der Waals surface area contributed by atoms with Crippen molar-refractivity contribution >= 4 is 16.0 Å². The summed E-state index contributed by atoms with van der Waals surface area (Å²) in [5.41, 5.74) is 0. The van der Waals surface area contributed by atoms with Crippen molar-refractivity contribution in [1.82, 2.24) is 20.3 Å². The molecule has 0 aromatic carbocycles. The Kier molecular flexibility index (Phi) is 9.28. The van der Waals surface area contributed by atoms with Crippen LogP contribution in [-0.4, -0.2) is 84.1 Å². The second-order valence-corrected chi connectivity index (χ2v) is 9.73. The average molecular weight is 404 g/mol. The van der Waals surface area contributed by atoms with E-state index in [4.69, 9.17) is 4.74 Å². The van der Waals surface area contributed by atoms with E-state index in [2.05, 4.69) is 39.1 Å². The standard InChI is InChI=1S/C18H37N5O3S/c1-15(2)17(23-8-10-26-11-9-23)14-21-18(19-3)20-7-12-27(24,25)22-13-16-5-4-6-16/h15-17,22H,4-14H2,1-3H3,(H2,19,20,21). The highest BCUT2D eigenvalue weighted by Gasteiger charge is 2.24. The summed E-state index contributed by atoms with van der Waals surface area (Å²) in [5.74, 6) is 1.72. The van der Waals surface area contributed by atoms with Gasteiger partial charge in [-0.3, -0.25) is 9.89 Å². The lowest BCUT2D eigenvalue weighted by Gasteiger charge is -2.37. The zero-order valence-corrected chi connectivity index (χ0v) is 17.9. The molecular formula is C18H37N5O3S. The zero-order chi connectivity index (χ0) is 19.7. The predicted molar refractivity (Wildman–Crippen MR) is 110 cm³/mol. The number of rotatable bonds is 10. The van der Waals surface area contributed by atoms with Crippen molar-refractivity contribution in [3.8, 4) is 0 Å². The van der Waals surface area contributed by atoms with Crippen LogP contribution in [0.15, 0.2) is 4.99 Å². The number of morpholine rings is 1. The normalized spacial score (nSPS) is 21.1. The third kappa shape index (κ3) is 7.93. The summed E-state index contributed by atoms with van der Waals surface area (Å²) in [6.45, 7) is 9.57. The summed E-state index contributed by atoms with van der Waals surface area (Å²) in [5, 5.41) is 6.46. The van der Waals surface area contributed by atoms with Crippen LogP contribution in [0.4, 0.5) is 0 Å². The molecule has 0 spiro atoms. The lowest BCUT2D eigenvalue weighted by Crippen LogP contribution is -2.53. The molecule has 1 unspecified atom stereocenters. The fourth-order valence-corrected chi connectivity index (χ4v) is 4.44. The quantitative estimate of drug-likeness (QED) is 0.357. The van der Waals surface area contributed by atoms with Crippen LogP contribution in [-0.2, 0) is 14.8 Å². The first-order valence-corrected chi connectivity index (χ1v) is 11.8. The fraction of sp³-hybridized carbons (Fsp3) is 0.944. The van der Waals surface area contributed by atoms with Crippen molar-refractivity contribution in [3.63, 3.8) is 0 Å². The molecule has 2 aliphatic rings. The molecule has 0 amide bonds. The number of aliphatic imine (C=N–C) groups is 1. The molecule has 8 nitrogen and oxygen atoms in total. The highest BCUT2D eigenvalue weighted by molar-refractivity contribution is 7.89. The number of nitrogens with one attached hydrogen (secondary N) is 3. The predicted octanol–water partition coefficient (Wildman–Crippen LogP) is 0.228. The lowest BCUT2D eigenvalue weighted by molar-refractivity contribution is 0.00752. The summed E-state index contributed by atoms with van der Waals surface area (Å²) < 4.78 is 32.3. The minimum absolute atomic E-state index is 0.0531. The van der Waals surface area contributed by atoms with Crippen molar-refractivity contribution < 1.29 is 13.2 Å². The smallest absolute Gasteiger partial charge is 0.213 e. The Labute approximate surface area is 164 Å². The van der Waals surface area contributed by atoms with Crippen molar-refractivity contribution in [2.45, 2.75) is 39.2 Å². The summed E-state index contributed by atoms with van der Waals surface area (Å²) in [4.78, 5) is 6.66. The molecular weight excluding hydrogens is 366 g/mol. The first kappa shape index (κ1) is 22.4. The Morgan fingerprint density at radius 1 is 1.22 bits per heavy atom. The van der Waals surface area contributed by atoms with Gasteiger partial charge >= 0.3 is 0 Å². The molecule has 0 aromatic heterocycles. The maximum Gasteiger partial charge on any atom is 0.213 e. The summed E-state index contributed by atoms with van der Waals surface area (Å²) in [6, 6.07) is 0.389. The van der Waals surface area contributed by atoms with E-state index in [1.807, 2.05) is 0 Å². The maximum atomic E-state index is 12.1. The van der Waals surface area contributed by atoms with Gasteiger partial charge in [-0.25, -0.2) is 13.1 Å². The lowest BCUT2D eigenvalue weighted by atomic mass is 9.86. The van der Waals surface area contributed by atoms with Crippen molar-refractivity contribution in [2.75, 3.05) is 58.7 Å². The van der Waals surface area contributed by atoms with Gasteiger partial charge in [-0.1, -0.05) is 20.3 Å². The van der Waals surface area contributed by atoms with Crippen molar-refractivity contribution in [3.05, 3.63) is 0 Å². The number of hydrogen-bond donors (Lipinski definition) is 3. The van der Waals surface area contributed by atoms with Gasteiger partial charge in [0.15, 0.2) is 5.96 Å². The van der Waals surface area contributed by atoms with E-state index in [0.29, 0.717) is 36.9 Å². The Bertz CT molecular complexity index is 557. The zero-order valence-electron chi connectivity index (χ0n) is 17.0. The first-order chi connectivity index (χ1) is 12.9. The van der Waals surface area contributed by atoms with Crippen LogP contribution in [0.1, 0.15) is 33.1 Å². The molecule has 1 aliphatic heterocycles. The summed E-state index contributed by atoms with van der Waals surface area (Å²) in [6.07, 6.45) is 3.49. The van der Waals surface area contributed by atoms with E-state index < -0.39 is 10.0 Å². The van der Waals surface area contributed by atoms with Crippen molar-refractivity contribution in [1.29, 1.82) is 0 Å². The van der Waals surface area contributed by atoms with Crippen LogP contribution in [0.3, 0.4) is 0 Å². The molecule has 1 heterocycles. The Morgan fingerprint density at radius 2 is 1.93 bits per heavy atom. The third-order valence-corrected chi connectivity index (χ3v) is 6.81. The van der Waals surface area contributed by atoms with Crippen LogP contribution >= 0.6 is 0 Å². The molecule has 3 N–H and O–H groups in total. The minimum Gasteiger partial charge on any atom is -0.379 e. The number of guanidine groups is 1. The van der Waals surface area contributed by atoms with Gasteiger partial charge in [-0.05, 0) is 24.7 Å². The second-order valence-electron chi connectivity index (χ2n) is 7.80. The van der Waals surface area contributed by atoms with Gasteiger partial charge in [0.1, 0.15) is 0 Å². The van der Waals surface area contributed by atoms with Crippen LogP contribution in [0.5, 0.6) is 0 Å². The van der Waals surface area contributed by atoms with Gasteiger partial charge in [0.2, 0.25) is 10.0 Å². The van der Waals surface area contributed by atoms with E-state index in [1.165, 1.54) is 6.42 Å². The molecule has 1 saturated heterocycles. The average Bonchev–Trinajstić information content (AvgIpc) is 2.59. The molecule has 1 saturated carbocycles. The van der Waals surface area contributed by atoms with E-state index in [1.54, 1.807) is 7.05 Å². The Balaban J connectivity index is 1.70. The molecule has 27 heavy (non-hydrogen) atoms. The number of nitrogens with zero attached hydrogens (tertiary/aromatic N) is 2. The van der Waals surface area contributed by atoms with E-state index in [9.17, 15) is 8.42 Å². The number of sulfonamides is 1. The van der Waals surface area contributed by atoms with Gasteiger partial charge in [0.05, 0.1) is 19.0 Å². The van der Waals surface area contributed by atoms with Gasteiger partial charge < -0.3 is 15.4 Å². The number of hydrogen-bond acceptors (Lipinski definition) is 5. The topological polar surface area (TPSA) is 95.1 Å². The van der Waals surface area contributed by atoms with Crippen LogP contribution in [0, 0.1) is 11.8 Å². The second kappa shape index (κ2) is 11.2. The maximum absolute atomic E-state index is 12.1. The highest BCUT2D eigenvalue weighted by atomic mass is 32.2. The van der Waals surface area contributed by atoms with Crippen LogP contribution in [0.2, 0.25) is 0 Å². The van der Waals surface area contributed by atoms with Crippen molar-refractivity contribution in [2.24, 2.45) is 16.8 Å². The molecule has 1 aliphatic carbocycles. The molecule has 1 atom stereocenters. The van der Waals surface area contributed by atoms with E-state index in [0.717, 1.165) is 45.7 Å². The Hall–Kier alpha value is -0.900. The van der Waals surface area contributed by atoms with Gasteiger partial charge in [0, 0.05) is 45.8 Å². The van der Waals surface area contributed by atoms with E-state index in [-0.39, 0.29) is 5.75 Å². The van der Waals surface area contributed by atoms with Gasteiger partial charge in [-0.15, -0.1) is 0 Å². The first-order valence-electron chi connectivity index (χ1n) is 10.1. The molecule has 2 fully saturated rings. The molecule has 2 rings (SSSR count). The minimum atomic E-state index is -3.24. The summed E-state index contributed by atoms with van der Waals surface area (Å²) >= 11 is 0. The molecule has 0 aromatic rings. The molecule has 0 radical (unpaired) electrons. The monoisotopic (exact) mass is 403 g/mol. The fourth-order valence-electron chi connectivity index (χ4n) is 3.44. The molecule has 9 heteroatoms. The molecule has 0 bridgehead atoms. The SMILES string of the molecule is CN=C(NCCS(=O)(=O)NCC1CCC1)NCC(C(C)C)N1CCOCC1. The number of ether oxygens (including phenoxy) is 1. The summed E-state index contributed by atoms with van der Waals surface area (Å²) in [7, 11) is -1.53. The van der Waals surface area contributed by atoms with Gasteiger partial charge in [0.25, 0.3) is 0 Å². The highest BCUT2D eigenvalue weighted by Crippen LogP contribution is 2.25. The third-order valence-electron chi connectivity index (χ3n) is 5.47. The van der Waals surface area contributed by atoms with Crippen LogP contribution < -0.4 is 15.4 Å². The van der Waals surface area contributed by atoms with E-state index >= 15 is 0 Å². The van der Waals surface area contributed by atoms with Crippen LogP contribution in [0.25, 0.3) is 0 Å². The largest absolute Gasteiger partial charge is 0.379 e. The van der Waals surface area contributed by atoms with Gasteiger partial charge in [-0.2, -0.15) is 0 Å². The molecule has 158 valence electrons. The Morgan fingerprint density at radius 3 is 2.48 bits per heavy atom.